The van der Waals surface area contributed by atoms with Crippen LogP contribution in [0.5, 0.6) is 5.75 Å². The average molecular weight is 407 g/mol. The van der Waals surface area contributed by atoms with Gasteiger partial charge in [-0.05, 0) is 23.6 Å². The highest BCUT2D eigenvalue weighted by Gasteiger charge is 2.26. The second-order valence-electron chi connectivity index (χ2n) is 7.21. The molecule has 0 aliphatic carbocycles. The number of aromatic nitrogens is 1. The van der Waals surface area contributed by atoms with Gasteiger partial charge < -0.3 is 19.9 Å². The van der Waals surface area contributed by atoms with Crippen LogP contribution in [0.3, 0.4) is 0 Å². The number of methoxy groups -OCH3 is 1. The van der Waals surface area contributed by atoms with E-state index >= 15 is 0 Å². The van der Waals surface area contributed by atoms with E-state index in [-0.39, 0.29) is 17.5 Å². The highest BCUT2D eigenvalue weighted by molar-refractivity contribution is 5.96. The molecule has 0 saturated heterocycles. The summed E-state index contributed by atoms with van der Waals surface area (Å²) in [5, 5.41) is 9.48. The standard InChI is InChI=1S/C23H25N3O4/c1-15(2)21(23(28)24-14-16-8-5-4-6-9-16)25-22(27)19-13-20(30-26-19)17-10-7-11-18(12-17)29-3/h4-13,15,21H,14H2,1-3H3,(H,24,28)(H,25,27)/t21-/m0/s1. The van der Waals surface area contributed by atoms with Crippen LogP contribution < -0.4 is 15.4 Å². The first kappa shape index (κ1) is 21.1. The van der Waals surface area contributed by atoms with Gasteiger partial charge in [-0.3, -0.25) is 9.59 Å². The van der Waals surface area contributed by atoms with Crippen LogP contribution in [0.4, 0.5) is 0 Å². The maximum atomic E-state index is 12.7. The van der Waals surface area contributed by atoms with Crippen LogP contribution in [-0.4, -0.2) is 30.1 Å². The molecule has 3 rings (SSSR count). The summed E-state index contributed by atoms with van der Waals surface area (Å²) in [6.07, 6.45) is 0. The molecule has 2 aromatic carbocycles. The van der Waals surface area contributed by atoms with Crippen molar-refractivity contribution < 1.29 is 18.8 Å². The number of benzene rings is 2. The van der Waals surface area contributed by atoms with E-state index in [1.807, 2.05) is 62.4 Å². The number of amides is 2. The Morgan fingerprint density at radius 3 is 2.53 bits per heavy atom. The van der Waals surface area contributed by atoms with Crippen molar-refractivity contribution in [1.82, 2.24) is 15.8 Å². The molecule has 1 aromatic heterocycles. The first-order valence-corrected chi connectivity index (χ1v) is 9.71. The Morgan fingerprint density at radius 2 is 1.83 bits per heavy atom. The molecule has 0 aliphatic rings. The van der Waals surface area contributed by atoms with E-state index in [0.717, 1.165) is 11.1 Å². The molecule has 0 fully saturated rings. The molecule has 0 bridgehead atoms. The van der Waals surface area contributed by atoms with E-state index in [1.165, 1.54) is 0 Å². The van der Waals surface area contributed by atoms with Gasteiger partial charge in [-0.1, -0.05) is 61.5 Å². The van der Waals surface area contributed by atoms with E-state index in [1.54, 1.807) is 19.2 Å². The molecule has 1 atom stereocenters. The minimum atomic E-state index is -0.696. The molecule has 1 heterocycles. The number of carbonyl (C=O) groups excluding carboxylic acids is 2. The number of carbonyl (C=O) groups is 2. The Labute approximate surface area is 175 Å². The van der Waals surface area contributed by atoms with E-state index in [0.29, 0.717) is 18.1 Å². The van der Waals surface area contributed by atoms with Crippen LogP contribution in [-0.2, 0) is 11.3 Å². The normalized spacial score (nSPS) is 11.7. The van der Waals surface area contributed by atoms with Gasteiger partial charge >= 0.3 is 0 Å². The smallest absolute Gasteiger partial charge is 0.274 e. The topological polar surface area (TPSA) is 93.5 Å². The Bertz CT molecular complexity index is 998. The zero-order valence-corrected chi connectivity index (χ0v) is 17.2. The third-order valence-electron chi connectivity index (χ3n) is 4.64. The predicted molar refractivity (Wildman–Crippen MR) is 113 cm³/mol. The first-order valence-electron chi connectivity index (χ1n) is 9.71. The van der Waals surface area contributed by atoms with E-state index in [2.05, 4.69) is 15.8 Å². The molecule has 156 valence electrons. The maximum Gasteiger partial charge on any atom is 0.274 e. The van der Waals surface area contributed by atoms with Gasteiger partial charge in [-0.25, -0.2) is 0 Å². The monoisotopic (exact) mass is 407 g/mol. The highest BCUT2D eigenvalue weighted by atomic mass is 16.5. The Balaban J connectivity index is 1.66. The van der Waals surface area contributed by atoms with Gasteiger partial charge in [0.05, 0.1) is 7.11 Å². The third-order valence-corrected chi connectivity index (χ3v) is 4.64. The molecule has 0 unspecified atom stereocenters. The van der Waals surface area contributed by atoms with Crippen molar-refractivity contribution in [2.75, 3.05) is 7.11 Å². The van der Waals surface area contributed by atoms with Gasteiger partial charge in [-0.2, -0.15) is 0 Å². The number of nitrogens with zero attached hydrogens (tertiary/aromatic N) is 1. The van der Waals surface area contributed by atoms with Crippen molar-refractivity contribution in [3.63, 3.8) is 0 Å². The van der Waals surface area contributed by atoms with Crippen molar-refractivity contribution in [2.24, 2.45) is 5.92 Å². The van der Waals surface area contributed by atoms with Gasteiger partial charge in [0.1, 0.15) is 11.8 Å². The number of rotatable bonds is 8. The Morgan fingerprint density at radius 1 is 1.07 bits per heavy atom. The summed E-state index contributed by atoms with van der Waals surface area (Å²) in [4.78, 5) is 25.3. The minimum Gasteiger partial charge on any atom is -0.497 e. The maximum absolute atomic E-state index is 12.7. The van der Waals surface area contributed by atoms with Gasteiger partial charge in [0.15, 0.2) is 11.5 Å². The summed E-state index contributed by atoms with van der Waals surface area (Å²) in [7, 11) is 1.58. The molecule has 3 aromatic rings. The molecule has 7 heteroatoms. The largest absolute Gasteiger partial charge is 0.497 e. The lowest BCUT2D eigenvalue weighted by Gasteiger charge is -2.21. The molecular formula is C23H25N3O4. The quantitative estimate of drug-likeness (QED) is 0.597. The van der Waals surface area contributed by atoms with Crippen LogP contribution >= 0.6 is 0 Å². The summed E-state index contributed by atoms with van der Waals surface area (Å²) in [6.45, 7) is 4.14. The lowest BCUT2D eigenvalue weighted by Crippen LogP contribution is -2.49. The van der Waals surface area contributed by atoms with Crippen molar-refractivity contribution in [1.29, 1.82) is 0 Å². The molecule has 7 nitrogen and oxygen atoms in total. The number of hydrogen-bond donors (Lipinski definition) is 2. The number of nitrogens with one attached hydrogen (secondary N) is 2. The molecule has 2 amide bonds. The first-order chi connectivity index (χ1) is 14.5. The lowest BCUT2D eigenvalue weighted by atomic mass is 10.0. The second-order valence-corrected chi connectivity index (χ2v) is 7.21. The van der Waals surface area contributed by atoms with E-state index < -0.39 is 11.9 Å². The average Bonchev–Trinajstić information content (AvgIpc) is 3.27. The molecule has 0 aliphatic heterocycles. The fourth-order valence-corrected chi connectivity index (χ4v) is 2.94. The van der Waals surface area contributed by atoms with Crippen molar-refractivity contribution >= 4 is 11.8 Å². The fourth-order valence-electron chi connectivity index (χ4n) is 2.94. The Hall–Kier alpha value is -3.61. The molecule has 0 saturated carbocycles. The fraction of sp³-hybridized carbons (Fsp3) is 0.261. The summed E-state index contributed by atoms with van der Waals surface area (Å²) in [5.74, 6) is 0.285. The molecule has 0 radical (unpaired) electrons. The third kappa shape index (κ3) is 5.26. The van der Waals surface area contributed by atoms with Gasteiger partial charge in [-0.15, -0.1) is 0 Å². The van der Waals surface area contributed by atoms with E-state index in [9.17, 15) is 9.59 Å². The van der Waals surface area contributed by atoms with Crippen LogP contribution in [0.2, 0.25) is 0 Å². The summed E-state index contributed by atoms with van der Waals surface area (Å²) >= 11 is 0. The van der Waals surface area contributed by atoms with Crippen LogP contribution in [0.1, 0.15) is 29.9 Å². The minimum absolute atomic E-state index is 0.102. The van der Waals surface area contributed by atoms with Gasteiger partial charge in [0.25, 0.3) is 5.91 Å². The predicted octanol–water partition coefficient (Wildman–Crippen LogP) is 3.42. The van der Waals surface area contributed by atoms with Gasteiger partial charge in [0, 0.05) is 18.2 Å². The van der Waals surface area contributed by atoms with Crippen molar-refractivity contribution in [3.05, 3.63) is 71.9 Å². The molecule has 30 heavy (non-hydrogen) atoms. The van der Waals surface area contributed by atoms with Crippen LogP contribution in [0.15, 0.2) is 65.2 Å². The summed E-state index contributed by atoms with van der Waals surface area (Å²) in [5.41, 5.74) is 1.83. The van der Waals surface area contributed by atoms with Crippen molar-refractivity contribution in [2.45, 2.75) is 26.4 Å². The number of hydrogen-bond acceptors (Lipinski definition) is 5. The summed E-state index contributed by atoms with van der Waals surface area (Å²) in [6, 6.07) is 17.7. The van der Waals surface area contributed by atoms with E-state index in [4.69, 9.17) is 9.26 Å². The van der Waals surface area contributed by atoms with Crippen molar-refractivity contribution in [3.8, 4) is 17.1 Å². The molecule has 0 spiro atoms. The number of ether oxygens (including phenoxy) is 1. The lowest BCUT2D eigenvalue weighted by molar-refractivity contribution is -0.124. The molecule has 2 N–H and O–H groups in total. The van der Waals surface area contributed by atoms with Gasteiger partial charge in [0.2, 0.25) is 5.91 Å². The SMILES string of the molecule is COc1cccc(-c2cc(C(=O)N[C@H](C(=O)NCc3ccccc3)C(C)C)no2)c1. The zero-order chi connectivity index (χ0) is 21.5. The summed E-state index contributed by atoms with van der Waals surface area (Å²) < 4.78 is 10.5. The second kappa shape index (κ2) is 9.73. The molecular weight excluding hydrogens is 382 g/mol. The highest BCUT2D eigenvalue weighted by Crippen LogP contribution is 2.24. The Kier molecular flexibility index (Phi) is 6.85. The van der Waals surface area contributed by atoms with Crippen LogP contribution in [0, 0.1) is 5.92 Å². The van der Waals surface area contributed by atoms with Crippen LogP contribution in [0.25, 0.3) is 11.3 Å². The zero-order valence-electron chi connectivity index (χ0n) is 17.2.